The van der Waals surface area contributed by atoms with E-state index in [1.165, 1.54) is 4.90 Å². The zero-order chi connectivity index (χ0) is 17.6. The molecule has 9 N–H and O–H groups in total. The fraction of sp³-hybridized carbons (Fsp3) is 0.727. The van der Waals surface area contributed by atoms with Crippen molar-refractivity contribution in [3.8, 4) is 0 Å². The van der Waals surface area contributed by atoms with Crippen LogP contribution >= 0.6 is 0 Å². The van der Waals surface area contributed by atoms with Crippen molar-refractivity contribution in [1.82, 2.24) is 10.3 Å². The quantitative estimate of drug-likeness (QED) is 0.104. The highest BCUT2D eigenvalue weighted by molar-refractivity contribution is 5.89. The standard InChI is InChI=1S/C11H22N8O4/c12-6-4-8(9(14)20)18(5-6)10(21)7(13)2-1-3-16-11(15)17-19(22)23/h6-8H,1-5,12-13H2,(H2,14,20)(H3,15,16,17)/t6-,7-,8+/m1/s1. The summed E-state index contributed by atoms with van der Waals surface area (Å²) in [6, 6.07) is -1.87. The molecule has 0 aliphatic carbocycles. The number of primary amides is 1. The van der Waals surface area contributed by atoms with Crippen LogP contribution in [0.5, 0.6) is 0 Å². The Balaban J connectivity index is 2.45. The Morgan fingerprint density at radius 1 is 1.43 bits per heavy atom. The SMILES string of the molecule is NC(=O)[C@@H]1C[C@@H](N)CN1C(=O)[C@H](N)CCCN=C(N)N[N+](=O)[O-]. The number of amides is 2. The van der Waals surface area contributed by atoms with Gasteiger partial charge in [-0.1, -0.05) is 5.43 Å². The lowest BCUT2D eigenvalue weighted by Gasteiger charge is -2.25. The third-order valence-electron chi connectivity index (χ3n) is 3.42. The van der Waals surface area contributed by atoms with Gasteiger partial charge in [-0.3, -0.25) is 9.59 Å². The summed E-state index contributed by atoms with van der Waals surface area (Å²) < 4.78 is 0. The van der Waals surface area contributed by atoms with E-state index in [0.29, 0.717) is 12.8 Å². The molecule has 0 aromatic carbocycles. The van der Waals surface area contributed by atoms with Crippen LogP contribution in [0, 0.1) is 10.1 Å². The molecule has 0 unspecified atom stereocenters. The van der Waals surface area contributed by atoms with E-state index in [4.69, 9.17) is 22.9 Å². The van der Waals surface area contributed by atoms with E-state index < -0.39 is 28.9 Å². The summed E-state index contributed by atoms with van der Waals surface area (Å²) in [5, 5.41) is 9.29. The monoisotopic (exact) mass is 330 g/mol. The molecule has 12 nitrogen and oxygen atoms in total. The molecule has 0 radical (unpaired) electrons. The van der Waals surface area contributed by atoms with E-state index in [1.807, 2.05) is 0 Å². The minimum atomic E-state index is -0.831. The lowest BCUT2D eigenvalue weighted by Crippen LogP contribution is -2.50. The summed E-state index contributed by atoms with van der Waals surface area (Å²) in [5.41, 5.74) is 23.8. The number of hydrazine groups is 1. The van der Waals surface area contributed by atoms with E-state index >= 15 is 0 Å². The molecule has 1 aliphatic rings. The van der Waals surface area contributed by atoms with Crippen molar-refractivity contribution >= 4 is 17.8 Å². The number of carbonyl (C=O) groups excluding carboxylic acids is 2. The van der Waals surface area contributed by atoms with Gasteiger partial charge in [0, 0.05) is 19.1 Å². The molecule has 12 heteroatoms. The first-order chi connectivity index (χ1) is 10.7. The van der Waals surface area contributed by atoms with Crippen LogP contribution in [0.15, 0.2) is 4.99 Å². The molecular weight excluding hydrogens is 308 g/mol. The van der Waals surface area contributed by atoms with Gasteiger partial charge >= 0.3 is 0 Å². The molecule has 1 saturated heterocycles. The first-order valence-corrected chi connectivity index (χ1v) is 7.04. The van der Waals surface area contributed by atoms with E-state index in [1.54, 1.807) is 5.43 Å². The molecule has 1 rings (SSSR count). The largest absolute Gasteiger partial charge is 0.368 e. The fourth-order valence-electron chi connectivity index (χ4n) is 2.36. The maximum Gasteiger partial charge on any atom is 0.251 e. The number of guanidine groups is 1. The average Bonchev–Trinajstić information content (AvgIpc) is 2.84. The predicted molar refractivity (Wildman–Crippen MR) is 81.1 cm³/mol. The Hall–Kier alpha value is -2.47. The minimum absolute atomic E-state index is 0.173. The van der Waals surface area contributed by atoms with E-state index in [9.17, 15) is 19.7 Å². The van der Waals surface area contributed by atoms with Gasteiger partial charge in [0.1, 0.15) is 6.04 Å². The second-order valence-corrected chi connectivity index (χ2v) is 5.29. The highest BCUT2D eigenvalue weighted by Gasteiger charge is 2.38. The van der Waals surface area contributed by atoms with Crippen LogP contribution in [0.3, 0.4) is 0 Å². The highest BCUT2D eigenvalue weighted by Crippen LogP contribution is 2.18. The first-order valence-electron chi connectivity index (χ1n) is 7.04. The summed E-state index contributed by atoms with van der Waals surface area (Å²) in [6.45, 7) is 0.407. The molecule has 0 saturated carbocycles. The second kappa shape index (κ2) is 8.24. The number of aliphatic imine (C=N–C) groups is 1. The van der Waals surface area contributed by atoms with Gasteiger partial charge in [-0.2, -0.15) is 0 Å². The molecular formula is C11H22N8O4. The van der Waals surface area contributed by atoms with Gasteiger partial charge in [0.05, 0.1) is 6.04 Å². The number of likely N-dealkylation sites (tertiary alicyclic amines) is 1. The number of nitrogens with two attached hydrogens (primary N) is 4. The van der Waals surface area contributed by atoms with Crippen molar-refractivity contribution in [2.24, 2.45) is 27.9 Å². The Morgan fingerprint density at radius 3 is 2.65 bits per heavy atom. The van der Waals surface area contributed by atoms with Gasteiger partial charge in [-0.05, 0) is 19.3 Å². The van der Waals surface area contributed by atoms with Crippen molar-refractivity contribution in [2.75, 3.05) is 13.1 Å². The van der Waals surface area contributed by atoms with Crippen LogP contribution in [0.2, 0.25) is 0 Å². The molecule has 23 heavy (non-hydrogen) atoms. The van der Waals surface area contributed by atoms with Crippen LogP contribution in [0.4, 0.5) is 0 Å². The summed E-state index contributed by atoms with van der Waals surface area (Å²) >= 11 is 0. The Morgan fingerprint density at radius 2 is 2.09 bits per heavy atom. The molecule has 2 amide bonds. The highest BCUT2D eigenvalue weighted by atomic mass is 16.7. The van der Waals surface area contributed by atoms with Crippen molar-refractivity contribution in [2.45, 2.75) is 37.4 Å². The summed E-state index contributed by atoms with van der Waals surface area (Å²) in [6.07, 6.45) is 1.00. The number of rotatable bonds is 7. The van der Waals surface area contributed by atoms with E-state index in [0.717, 1.165) is 0 Å². The van der Waals surface area contributed by atoms with E-state index in [2.05, 4.69) is 4.99 Å². The van der Waals surface area contributed by atoms with Gasteiger partial charge in [-0.15, -0.1) is 0 Å². The van der Waals surface area contributed by atoms with Gasteiger partial charge < -0.3 is 27.8 Å². The van der Waals surface area contributed by atoms with Crippen molar-refractivity contribution in [1.29, 1.82) is 0 Å². The van der Waals surface area contributed by atoms with Gasteiger partial charge in [0.25, 0.3) is 5.96 Å². The topological polar surface area (TPSA) is 209 Å². The molecule has 0 bridgehead atoms. The zero-order valence-corrected chi connectivity index (χ0v) is 12.6. The molecule has 0 aromatic heterocycles. The van der Waals surface area contributed by atoms with Crippen LogP contribution in [0.25, 0.3) is 0 Å². The van der Waals surface area contributed by atoms with Gasteiger partial charge in [-0.25, -0.2) is 15.1 Å². The van der Waals surface area contributed by atoms with Crippen LogP contribution in [-0.2, 0) is 9.59 Å². The van der Waals surface area contributed by atoms with Crippen molar-refractivity contribution in [3.63, 3.8) is 0 Å². The molecule has 1 heterocycles. The Kier molecular flexibility index (Phi) is 6.65. The smallest absolute Gasteiger partial charge is 0.251 e. The minimum Gasteiger partial charge on any atom is -0.368 e. The van der Waals surface area contributed by atoms with Crippen molar-refractivity contribution < 1.29 is 14.6 Å². The third-order valence-corrected chi connectivity index (χ3v) is 3.42. The van der Waals surface area contributed by atoms with Crippen LogP contribution < -0.4 is 28.4 Å². The molecule has 130 valence electrons. The molecule has 1 aliphatic heterocycles. The lowest BCUT2D eigenvalue weighted by molar-refractivity contribution is -0.525. The number of hydrogen-bond donors (Lipinski definition) is 5. The second-order valence-electron chi connectivity index (χ2n) is 5.29. The molecule has 1 fully saturated rings. The lowest BCUT2D eigenvalue weighted by atomic mass is 10.1. The molecule has 3 atom stereocenters. The van der Waals surface area contributed by atoms with E-state index in [-0.39, 0.29) is 31.5 Å². The van der Waals surface area contributed by atoms with Gasteiger partial charge in [0.15, 0.2) is 5.03 Å². The Bertz CT molecular complexity index is 496. The van der Waals surface area contributed by atoms with Gasteiger partial charge in [0.2, 0.25) is 11.8 Å². The number of nitrogens with zero attached hydrogens (tertiary/aromatic N) is 3. The normalized spacial score (nSPS) is 22.7. The van der Waals surface area contributed by atoms with Crippen LogP contribution in [-0.4, -0.2) is 58.9 Å². The maximum atomic E-state index is 12.3. The zero-order valence-electron chi connectivity index (χ0n) is 12.6. The third kappa shape index (κ3) is 5.67. The number of nitro groups is 1. The number of carbonyl (C=O) groups is 2. The molecule has 0 aromatic rings. The average molecular weight is 330 g/mol. The Labute approximate surface area is 132 Å². The summed E-state index contributed by atoms with van der Waals surface area (Å²) in [4.78, 5) is 38.7. The summed E-state index contributed by atoms with van der Waals surface area (Å²) in [5.74, 6) is -1.34. The predicted octanol–water partition coefficient (Wildman–Crippen LogP) is -3.40. The van der Waals surface area contributed by atoms with Crippen molar-refractivity contribution in [3.05, 3.63) is 10.1 Å². The first kappa shape index (κ1) is 18.6. The maximum absolute atomic E-state index is 12.3. The fourth-order valence-corrected chi connectivity index (χ4v) is 2.36. The number of hydrogen-bond acceptors (Lipinski definition) is 7. The summed E-state index contributed by atoms with van der Waals surface area (Å²) in [7, 11) is 0. The van der Waals surface area contributed by atoms with Crippen LogP contribution in [0.1, 0.15) is 19.3 Å². The number of nitrogens with one attached hydrogen (secondary N) is 1. The molecule has 0 spiro atoms.